The Morgan fingerprint density at radius 2 is 1.86 bits per heavy atom. The number of pyridine rings is 1. The summed E-state index contributed by atoms with van der Waals surface area (Å²) in [6.45, 7) is 7.35. The van der Waals surface area contributed by atoms with Crippen molar-refractivity contribution in [2.45, 2.75) is 84.2 Å². The van der Waals surface area contributed by atoms with E-state index < -0.39 is 0 Å². The van der Waals surface area contributed by atoms with Crippen LogP contribution in [-0.4, -0.2) is 63.2 Å². The highest BCUT2D eigenvalue weighted by atomic mass is 16.5. The summed E-state index contributed by atoms with van der Waals surface area (Å²) in [5, 5.41) is 3.66. The van der Waals surface area contributed by atoms with E-state index in [2.05, 4.69) is 15.2 Å². The molecule has 42 heavy (non-hydrogen) atoms. The van der Waals surface area contributed by atoms with Gasteiger partial charge in [0.25, 0.3) is 11.5 Å². The third-order valence-corrected chi connectivity index (χ3v) is 8.38. The fraction of sp³-hybridized carbons (Fsp3) is 0.531. The smallest absolute Gasteiger partial charge is 0.331 e. The zero-order chi connectivity index (χ0) is 30.0. The molecule has 1 aliphatic heterocycles. The molecule has 224 valence electrons. The van der Waals surface area contributed by atoms with Gasteiger partial charge in [-0.2, -0.15) is 0 Å². The summed E-state index contributed by atoms with van der Waals surface area (Å²) >= 11 is 0. The maximum atomic E-state index is 13.4. The molecule has 1 aromatic carbocycles. The molecule has 0 bridgehead atoms. The lowest BCUT2D eigenvalue weighted by Crippen LogP contribution is -2.51. The number of hydrogen-bond donors (Lipinski definition) is 1. The van der Waals surface area contributed by atoms with E-state index in [4.69, 9.17) is 4.74 Å². The Balaban J connectivity index is 1.28. The molecule has 3 aromatic rings. The van der Waals surface area contributed by atoms with Crippen molar-refractivity contribution in [1.82, 2.24) is 24.3 Å². The molecule has 2 aliphatic rings. The van der Waals surface area contributed by atoms with Gasteiger partial charge in [0.15, 0.2) is 5.78 Å². The van der Waals surface area contributed by atoms with Crippen molar-refractivity contribution in [3.05, 3.63) is 74.2 Å². The summed E-state index contributed by atoms with van der Waals surface area (Å²) in [5.74, 6) is -0.0532. The molecule has 0 radical (unpaired) electrons. The van der Waals surface area contributed by atoms with Crippen molar-refractivity contribution < 1.29 is 14.3 Å². The van der Waals surface area contributed by atoms with Gasteiger partial charge in [-0.15, -0.1) is 0 Å². The van der Waals surface area contributed by atoms with Gasteiger partial charge in [-0.05, 0) is 88.1 Å². The van der Waals surface area contributed by atoms with Crippen LogP contribution in [0.5, 0.6) is 0 Å². The van der Waals surface area contributed by atoms with Crippen molar-refractivity contribution in [2.24, 2.45) is 5.92 Å². The third-order valence-electron chi connectivity index (χ3n) is 8.38. The molecular formula is C32H41N5O5. The SMILES string of the molecule is COC(CCc1ccc2c(c1)c(=O)n(CC1CC1)c(=O)n2C(C)C)N1CCCC(NC(=O)c2cccc(C(C)=O)n2)C1. The van der Waals surface area contributed by atoms with Crippen LogP contribution in [0.3, 0.4) is 0 Å². The highest BCUT2D eigenvalue weighted by Gasteiger charge is 2.28. The van der Waals surface area contributed by atoms with E-state index in [0.717, 1.165) is 37.8 Å². The number of piperidine rings is 1. The Morgan fingerprint density at radius 1 is 1.10 bits per heavy atom. The number of benzene rings is 1. The van der Waals surface area contributed by atoms with Gasteiger partial charge in [-0.3, -0.25) is 28.4 Å². The molecule has 0 spiro atoms. The van der Waals surface area contributed by atoms with Crippen LogP contribution in [0.25, 0.3) is 10.9 Å². The van der Waals surface area contributed by atoms with Gasteiger partial charge in [0.1, 0.15) is 17.6 Å². The van der Waals surface area contributed by atoms with Crippen LogP contribution in [-0.2, 0) is 17.7 Å². The van der Waals surface area contributed by atoms with Crippen molar-refractivity contribution >= 4 is 22.6 Å². The minimum atomic E-state index is -0.290. The Morgan fingerprint density at radius 3 is 2.55 bits per heavy atom. The number of fused-ring (bicyclic) bond motifs is 1. The van der Waals surface area contributed by atoms with E-state index in [0.29, 0.717) is 42.8 Å². The maximum absolute atomic E-state index is 13.4. The van der Waals surface area contributed by atoms with Gasteiger partial charge in [-0.25, -0.2) is 9.78 Å². The standard InChI is InChI=1S/C32H41N5O5/c1-20(2)37-28-14-12-22(17-25(28)31(40)36(32(37)41)18-23-10-11-23)13-15-29(42-4)35-16-6-7-24(19-35)33-30(39)27-9-5-8-26(34-27)21(3)38/h5,8-9,12,14,17,20,23-24,29H,6-7,10-11,13,15-16,18-19H2,1-4H3,(H,33,39). The summed E-state index contributed by atoms with van der Waals surface area (Å²) in [6, 6.07) is 10.6. The number of amides is 1. The van der Waals surface area contributed by atoms with E-state index in [-0.39, 0.29) is 52.6 Å². The number of ketones is 1. The van der Waals surface area contributed by atoms with Crippen LogP contribution in [0, 0.1) is 5.92 Å². The van der Waals surface area contributed by atoms with Crippen molar-refractivity contribution in [3.63, 3.8) is 0 Å². The maximum Gasteiger partial charge on any atom is 0.331 e. The summed E-state index contributed by atoms with van der Waals surface area (Å²) in [5.41, 5.74) is 1.77. The minimum absolute atomic E-state index is 0.0591. The van der Waals surface area contributed by atoms with E-state index in [9.17, 15) is 19.2 Å². The zero-order valence-electron chi connectivity index (χ0n) is 25.0. The first-order valence-electron chi connectivity index (χ1n) is 15.0. The van der Waals surface area contributed by atoms with Gasteiger partial charge in [0.2, 0.25) is 0 Å². The molecule has 2 atom stereocenters. The normalized spacial score (nSPS) is 18.4. The summed E-state index contributed by atoms with van der Waals surface area (Å²) in [6.07, 6.45) is 5.15. The zero-order valence-corrected chi connectivity index (χ0v) is 25.0. The van der Waals surface area contributed by atoms with Crippen LogP contribution in [0.1, 0.15) is 85.5 Å². The molecule has 3 heterocycles. The molecule has 1 N–H and O–H groups in total. The van der Waals surface area contributed by atoms with Crippen LogP contribution in [0.2, 0.25) is 0 Å². The number of carbonyl (C=O) groups excluding carboxylic acids is 2. The molecule has 5 rings (SSSR count). The average Bonchev–Trinajstić information content (AvgIpc) is 3.80. The number of methoxy groups -OCH3 is 1. The van der Waals surface area contributed by atoms with Gasteiger partial charge < -0.3 is 10.1 Å². The largest absolute Gasteiger partial charge is 0.366 e. The number of rotatable bonds is 11. The molecule has 1 aliphatic carbocycles. The highest BCUT2D eigenvalue weighted by Crippen LogP contribution is 2.30. The predicted molar refractivity (Wildman–Crippen MR) is 161 cm³/mol. The topological polar surface area (TPSA) is 116 Å². The number of Topliss-reactive ketones (excluding diaryl/α,β-unsaturated/α-hetero) is 1. The number of hydrogen-bond acceptors (Lipinski definition) is 7. The van der Waals surface area contributed by atoms with Gasteiger partial charge >= 0.3 is 5.69 Å². The molecule has 2 unspecified atom stereocenters. The number of likely N-dealkylation sites (tertiary alicyclic amines) is 1. The van der Waals surface area contributed by atoms with Gasteiger partial charge in [0, 0.05) is 45.8 Å². The molecule has 10 heteroatoms. The predicted octanol–water partition coefficient (Wildman–Crippen LogP) is 3.55. The lowest BCUT2D eigenvalue weighted by atomic mass is 10.0. The first-order chi connectivity index (χ1) is 20.2. The average molecular weight is 576 g/mol. The second kappa shape index (κ2) is 12.7. The van der Waals surface area contributed by atoms with Crippen LogP contribution in [0.15, 0.2) is 46.0 Å². The van der Waals surface area contributed by atoms with E-state index in [1.54, 1.807) is 29.9 Å². The van der Waals surface area contributed by atoms with Crippen LogP contribution in [0.4, 0.5) is 0 Å². The number of aryl methyl sites for hydroxylation is 1. The summed E-state index contributed by atoms with van der Waals surface area (Å²) < 4.78 is 9.05. The fourth-order valence-electron chi connectivity index (χ4n) is 5.95. The molecule has 1 saturated carbocycles. The third kappa shape index (κ3) is 6.55. The van der Waals surface area contributed by atoms with Gasteiger partial charge in [-0.1, -0.05) is 12.1 Å². The van der Waals surface area contributed by atoms with Crippen molar-refractivity contribution in [3.8, 4) is 0 Å². The Bertz CT molecular complexity index is 1590. The van der Waals surface area contributed by atoms with Gasteiger partial charge in [0.05, 0.1) is 10.9 Å². The lowest BCUT2D eigenvalue weighted by molar-refractivity contribution is -0.0507. The van der Waals surface area contributed by atoms with E-state index in [1.807, 2.05) is 32.0 Å². The number of carbonyl (C=O) groups is 2. The summed E-state index contributed by atoms with van der Waals surface area (Å²) in [4.78, 5) is 57.6. The first-order valence-corrected chi connectivity index (χ1v) is 15.0. The van der Waals surface area contributed by atoms with E-state index in [1.165, 1.54) is 11.5 Å². The first kappa shape index (κ1) is 29.8. The van der Waals surface area contributed by atoms with Crippen molar-refractivity contribution in [2.75, 3.05) is 20.2 Å². The number of nitrogens with one attached hydrogen (secondary N) is 1. The second-order valence-corrected chi connectivity index (χ2v) is 12.0. The van der Waals surface area contributed by atoms with Crippen molar-refractivity contribution in [1.29, 1.82) is 0 Å². The minimum Gasteiger partial charge on any atom is -0.366 e. The molecule has 10 nitrogen and oxygen atoms in total. The molecular weight excluding hydrogens is 534 g/mol. The number of ether oxygens (including phenoxy) is 1. The molecule has 1 saturated heterocycles. The number of nitrogens with zero attached hydrogens (tertiary/aromatic N) is 4. The molecule has 2 aromatic heterocycles. The Labute approximate surface area is 245 Å². The second-order valence-electron chi connectivity index (χ2n) is 12.0. The van der Waals surface area contributed by atoms with Crippen LogP contribution < -0.4 is 16.6 Å². The van der Waals surface area contributed by atoms with E-state index >= 15 is 0 Å². The lowest BCUT2D eigenvalue weighted by Gasteiger charge is -2.37. The van der Waals surface area contributed by atoms with Crippen LogP contribution >= 0.6 is 0 Å². The number of aromatic nitrogens is 3. The molecule has 1 amide bonds. The molecule has 2 fully saturated rings. The fourth-order valence-corrected chi connectivity index (χ4v) is 5.95. The quantitative estimate of drug-likeness (QED) is 0.348. The highest BCUT2D eigenvalue weighted by molar-refractivity contribution is 5.96. The Hall–Kier alpha value is -3.63. The Kier molecular flexibility index (Phi) is 9.03. The summed E-state index contributed by atoms with van der Waals surface area (Å²) in [7, 11) is 1.70. The monoisotopic (exact) mass is 575 g/mol.